The molecule has 0 saturated carbocycles. The first-order valence-electron chi connectivity index (χ1n) is 4.58. The molecule has 0 fully saturated rings. The quantitative estimate of drug-likeness (QED) is 0.311. The van der Waals surface area contributed by atoms with Crippen LogP contribution in [0, 0.1) is 0 Å². The highest BCUT2D eigenvalue weighted by Crippen LogP contribution is 2.17. The van der Waals surface area contributed by atoms with Crippen molar-refractivity contribution in [1.29, 1.82) is 0 Å². The lowest BCUT2D eigenvalue weighted by atomic mass is 10.1. The van der Waals surface area contributed by atoms with E-state index in [9.17, 15) is 4.79 Å². The zero-order chi connectivity index (χ0) is 12.0. The normalized spacial score (nSPS) is 11.4. The van der Waals surface area contributed by atoms with E-state index in [1.54, 1.807) is 6.07 Å². The Labute approximate surface area is 97.5 Å². The molecule has 0 heterocycles. The molecule has 1 aromatic rings. The lowest BCUT2D eigenvalue weighted by Gasteiger charge is -2.06. The third-order valence-electron chi connectivity index (χ3n) is 1.96. The van der Waals surface area contributed by atoms with Gasteiger partial charge >= 0.3 is 5.97 Å². The van der Waals surface area contributed by atoms with E-state index in [1.165, 1.54) is 11.8 Å². The number of carboxylic acids is 1. The van der Waals surface area contributed by atoms with Crippen molar-refractivity contribution < 1.29 is 9.90 Å². The zero-order valence-electron chi connectivity index (χ0n) is 8.59. The number of benzene rings is 1. The van der Waals surface area contributed by atoms with Gasteiger partial charge in [0.1, 0.15) is 0 Å². The Morgan fingerprint density at radius 3 is 2.56 bits per heavy atom. The van der Waals surface area contributed by atoms with Crippen LogP contribution in [0.2, 0.25) is 0 Å². The van der Waals surface area contributed by atoms with Gasteiger partial charge in [-0.3, -0.25) is 4.79 Å². The maximum atomic E-state index is 10.6. The predicted molar refractivity (Wildman–Crippen MR) is 64.9 cm³/mol. The highest BCUT2D eigenvalue weighted by molar-refractivity contribution is 8.13. The fourth-order valence-corrected chi connectivity index (χ4v) is 1.88. The number of hydrogen-bond donors (Lipinski definition) is 3. The standard InChI is InChI=1S/C10H13N3O2S/c11-10(13-12)16-6-8-4-2-1-3-7(8)5-9(14)15/h1-4H,5-6,12H2,(H2,11,13)(H,14,15). The highest BCUT2D eigenvalue weighted by Gasteiger charge is 2.06. The fraction of sp³-hybridized carbons (Fsp3) is 0.200. The molecule has 0 aromatic heterocycles. The first-order chi connectivity index (χ1) is 7.63. The number of carbonyl (C=O) groups is 1. The summed E-state index contributed by atoms with van der Waals surface area (Å²) in [7, 11) is 0. The summed E-state index contributed by atoms with van der Waals surface area (Å²) in [4.78, 5) is 10.6. The summed E-state index contributed by atoms with van der Waals surface area (Å²) in [6.45, 7) is 0. The van der Waals surface area contributed by atoms with Crippen molar-refractivity contribution in [1.82, 2.24) is 0 Å². The van der Waals surface area contributed by atoms with Crippen molar-refractivity contribution in [3.05, 3.63) is 35.4 Å². The molecule has 5 N–H and O–H groups in total. The molecule has 0 aliphatic heterocycles. The number of nitrogens with two attached hydrogens (primary N) is 2. The molecule has 0 amide bonds. The van der Waals surface area contributed by atoms with Gasteiger partial charge in [0.05, 0.1) is 6.42 Å². The molecule has 0 aliphatic carbocycles. The van der Waals surface area contributed by atoms with Crippen molar-refractivity contribution >= 4 is 22.9 Å². The van der Waals surface area contributed by atoms with Crippen molar-refractivity contribution in [2.45, 2.75) is 12.2 Å². The molecular weight excluding hydrogens is 226 g/mol. The van der Waals surface area contributed by atoms with Crippen LogP contribution < -0.4 is 11.6 Å². The fourth-order valence-electron chi connectivity index (χ4n) is 1.22. The zero-order valence-corrected chi connectivity index (χ0v) is 9.41. The second-order valence-corrected chi connectivity index (χ2v) is 4.09. The van der Waals surface area contributed by atoms with Gasteiger partial charge in [-0.15, -0.1) is 0 Å². The molecule has 86 valence electrons. The first kappa shape index (κ1) is 12.4. The van der Waals surface area contributed by atoms with E-state index < -0.39 is 5.97 Å². The number of carboxylic acid groups (broad SMARTS) is 1. The number of nitrogens with zero attached hydrogens (tertiary/aromatic N) is 1. The molecule has 0 radical (unpaired) electrons. The SMILES string of the molecule is N/N=C(/N)SCc1ccccc1CC(=O)O. The Morgan fingerprint density at radius 1 is 1.38 bits per heavy atom. The minimum absolute atomic E-state index is 0.0103. The molecule has 16 heavy (non-hydrogen) atoms. The Kier molecular flexibility index (Phi) is 4.65. The average Bonchev–Trinajstić information content (AvgIpc) is 2.26. The van der Waals surface area contributed by atoms with E-state index in [-0.39, 0.29) is 11.6 Å². The summed E-state index contributed by atoms with van der Waals surface area (Å²) in [5, 5.41) is 12.4. The van der Waals surface area contributed by atoms with Gasteiger partial charge in [0, 0.05) is 5.75 Å². The maximum Gasteiger partial charge on any atom is 0.307 e. The van der Waals surface area contributed by atoms with E-state index in [0.29, 0.717) is 5.75 Å². The number of hydrogen-bond acceptors (Lipinski definition) is 4. The van der Waals surface area contributed by atoms with Crippen LogP contribution in [-0.2, 0) is 17.0 Å². The van der Waals surface area contributed by atoms with Gasteiger partial charge in [-0.05, 0) is 11.1 Å². The first-order valence-corrected chi connectivity index (χ1v) is 5.56. The van der Waals surface area contributed by atoms with Gasteiger partial charge in [0.2, 0.25) is 0 Å². The summed E-state index contributed by atoms with van der Waals surface area (Å²) in [5.41, 5.74) is 7.16. The molecule has 1 aromatic carbocycles. The molecule has 0 atom stereocenters. The van der Waals surface area contributed by atoms with Crippen LogP contribution in [0.5, 0.6) is 0 Å². The second-order valence-electron chi connectivity index (χ2n) is 3.10. The minimum Gasteiger partial charge on any atom is -0.481 e. The van der Waals surface area contributed by atoms with Crippen molar-refractivity contribution in [3.63, 3.8) is 0 Å². The average molecular weight is 239 g/mol. The summed E-state index contributed by atoms with van der Waals surface area (Å²) >= 11 is 1.28. The van der Waals surface area contributed by atoms with E-state index in [1.807, 2.05) is 18.2 Å². The lowest BCUT2D eigenvalue weighted by molar-refractivity contribution is -0.136. The van der Waals surface area contributed by atoms with Crippen LogP contribution in [0.15, 0.2) is 29.4 Å². The molecule has 0 unspecified atom stereocenters. The summed E-state index contributed by atoms with van der Waals surface area (Å²) in [5.74, 6) is 4.72. The van der Waals surface area contributed by atoms with Gasteiger partial charge in [0.15, 0.2) is 5.17 Å². The maximum absolute atomic E-state index is 10.6. The smallest absolute Gasteiger partial charge is 0.307 e. The molecule has 0 bridgehead atoms. The van der Waals surface area contributed by atoms with Crippen LogP contribution in [0.1, 0.15) is 11.1 Å². The summed E-state index contributed by atoms with van der Waals surface area (Å²) < 4.78 is 0. The monoisotopic (exact) mass is 239 g/mol. The molecule has 6 heteroatoms. The van der Waals surface area contributed by atoms with Crippen molar-refractivity contribution in [2.75, 3.05) is 0 Å². The van der Waals surface area contributed by atoms with Crippen molar-refractivity contribution in [3.8, 4) is 0 Å². The van der Waals surface area contributed by atoms with E-state index in [2.05, 4.69) is 5.10 Å². The van der Waals surface area contributed by atoms with Crippen LogP contribution in [0.3, 0.4) is 0 Å². The largest absolute Gasteiger partial charge is 0.481 e. The van der Waals surface area contributed by atoms with Gasteiger partial charge in [0.25, 0.3) is 0 Å². The van der Waals surface area contributed by atoms with Crippen LogP contribution in [0.4, 0.5) is 0 Å². The predicted octanol–water partition coefficient (Wildman–Crippen LogP) is 0.735. The van der Waals surface area contributed by atoms with E-state index >= 15 is 0 Å². The summed E-state index contributed by atoms with van der Waals surface area (Å²) in [6.07, 6.45) is 0.0103. The third kappa shape index (κ3) is 3.82. The third-order valence-corrected chi connectivity index (χ3v) is 2.82. The Bertz CT molecular complexity index is 407. The van der Waals surface area contributed by atoms with Crippen LogP contribution in [-0.4, -0.2) is 16.2 Å². The molecule has 1 rings (SSSR count). The van der Waals surface area contributed by atoms with E-state index in [4.69, 9.17) is 16.7 Å². The Hall–Kier alpha value is -1.69. The number of thioether (sulfide) groups is 1. The van der Waals surface area contributed by atoms with Gasteiger partial charge < -0.3 is 16.7 Å². The molecule has 0 spiro atoms. The number of amidine groups is 1. The van der Waals surface area contributed by atoms with Crippen LogP contribution >= 0.6 is 11.8 Å². The molecule has 5 nitrogen and oxygen atoms in total. The van der Waals surface area contributed by atoms with E-state index in [0.717, 1.165) is 11.1 Å². The van der Waals surface area contributed by atoms with Crippen LogP contribution in [0.25, 0.3) is 0 Å². The summed E-state index contributed by atoms with van der Waals surface area (Å²) in [6, 6.07) is 7.33. The Balaban J connectivity index is 2.74. The molecular formula is C10H13N3O2S. The minimum atomic E-state index is -0.849. The topological polar surface area (TPSA) is 102 Å². The lowest BCUT2D eigenvalue weighted by Crippen LogP contribution is -2.10. The second kappa shape index (κ2) is 6.02. The molecule has 0 aliphatic rings. The van der Waals surface area contributed by atoms with Gasteiger partial charge in [-0.1, -0.05) is 36.0 Å². The number of rotatable bonds is 4. The van der Waals surface area contributed by atoms with Gasteiger partial charge in [-0.25, -0.2) is 0 Å². The van der Waals surface area contributed by atoms with Gasteiger partial charge in [-0.2, -0.15) is 5.10 Å². The Morgan fingerprint density at radius 2 is 2.00 bits per heavy atom. The number of aliphatic carboxylic acids is 1. The molecule has 0 saturated heterocycles. The van der Waals surface area contributed by atoms with Crippen molar-refractivity contribution in [2.24, 2.45) is 16.7 Å². The highest BCUT2D eigenvalue weighted by atomic mass is 32.2. The number of hydrazone groups is 1.